The highest BCUT2D eigenvalue weighted by Crippen LogP contribution is 2.38. The smallest absolute Gasteiger partial charge is 0.388 e. The standard InChI is InChI=1S/C22H23N5O5/c1-16-4-3-5-18(14-16)7-8-19-15-21(32-24-19)10-12-25(13-11-21)22(27(30)31)20(26(28)29)9-6-17(2)23-22/h3-6,9,14,23H,10-13,15H2,1-2H3. The summed E-state index contributed by atoms with van der Waals surface area (Å²) in [5, 5.41) is 30.6. The number of hydrogen-bond acceptors (Lipinski definition) is 8. The summed E-state index contributed by atoms with van der Waals surface area (Å²) in [4.78, 5) is 29.6. The van der Waals surface area contributed by atoms with Gasteiger partial charge in [-0.1, -0.05) is 23.2 Å². The number of oxime groups is 1. The average molecular weight is 437 g/mol. The summed E-state index contributed by atoms with van der Waals surface area (Å²) in [6.45, 7) is 4.12. The maximum Gasteiger partial charge on any atom is 0.446 e. The number of hydrogen-bond donors (Lipinski definition) is 1. The van der Waals surface area contributed by atoms with Crippen molar-refractivity contribution in [2.45, 2.75) is 44.5 Å². The number of likely N-dealkylation sites (tertiary alicyclic amines) is 1. The Bertz CT molecular complexity index is 1120. The Morgan fingerprint density at radius 1 is 1.16 bits per heavy atom. The van der Waals surface area contributed by atoms with Crippen molar-refractivity contribution in [2.75, 3.05) is 13.1 Å². The van der Waals surface area contributed by atoms with Crippen molar-refractivity contribution in [2.24, 2.45) is 5.16 Å². The first-order valence-corrected chi connectivity index (χ1v) is 10.3. The van der Waals surface area contributed by atoms with Crippen LogP contribution in [0.5, 0.6) is 0 Å². The molecule has 0 aliphatic carbocycles. The predicted octanol–water partition coefficient (Wildman–Crippen LogP) is 2.56. The first-order chi connectivity index (χ1) is 15.2. The number of nitro groups is 2. The number of benzene rings is 1. The molecule has 10 nitrogen and oxygen atoms in total. The van der Waals surface area contributed by atoms with Gasteiger partial charge in [-0.2, -0.15) is 0 Å². The topological polar surface area (TPSA) is 123 Å². The van der Waals surface area contributed by atoms with Crippen LogP contribution in [0.2, 0.25) is 0 Å². The normalized spacial score (nSPS) is 24.2. The van der Waals surface area contributed by atoms with Crippen LogP contribution < -0.4 is 5.32 Å². The fourth-order valence-electron chi connectivity index (χ4n) is 4.35. The molecule has 3 aliphatic heterocycles. The Morgan fingerprint density at radius 3 is 2.56 bits per heavy atom. The Hall–Kier alpha value is -3.71. The second-order valence-electron chi connectivity index (χ2n) is 8.31. The van der Waals surface area contributed by atoms with E-state index in [-0.39, 0.29) is 13.1 Å². The zero-order valence-electron chi connectivity index (χ0n) is 17.8. The maximum absolute atomic E-state index is 12.1. The molecule has 1 atom stereocenters. The van der Waals surface area contributed by atoms with Crippen molar-refractivity contribution < 1.29 is 14.7 Å². The summed E-state index contributed by atoms with van der Waals surface area (Å²) < 4.78 is 0. The lowest BCUT2D eigenvalue weighted by Crippen LogP contribution is -2.68. The molecule has 1 N–H and O–H groups in total. The number of allylic oxidation sites excluding steroid dienone is 3. The van der Waals surface area contributed by atoms with Gasteiger partial charge in [-0.25, -0.2) is 4.90 Å². The van der Waals surface area contributed by atoms with E-state index in [0.717, 1.165) is 11.1 Å². The number of dihydropyridines is 1. The molecule has 3 heterocycles. The highest BCUT2D eigenvalue weighted by Gasteiger charge is 2.62. The molecule has 4 rings (SSSR count). The van der Waals surface area contributed by atoms with Crippen LogP contribution in [0, 0.1) is 39.0 Å². The zero-order valence-corrected chi connectivity index (χ0v) is 17.8. The van der Waals surface area contributed by atoms with E-state index in [1.807, 2.05) is 31.2 Å². The highest BCUT2D eigenvalue weighted by atomic mass is 16.7. The molecule has 32 heavy (non-hydrogen) atoms. The molecule has 1 saturated heterocycles. The first kappa shape index (κ1) is 21.5. The van der Waals surface area contributed by atoms with Gasteiger partial charge in [-0.15, -0.1) is 0 Å². The van der Waals surface area contributed by atoms with Crippen LogP contribution in [-0.4, -0.2) is 44.9 Å². The second-order valence-corrected chi connectivity index (χ2v) is 8.31. The van der Waals surface area contributed by atoms with E-state index >= 15 is 0 Å². The number of nitrogens with zero attached hydrogens (tertiary/aromatic N) is 4. The van der Waals surface area contributed by atoms with E-state index in [9.17, 15) is 20.2 Å². The molecule has 1 fully saturated rings. The van der Waals surface area contributed by atoms with Gasteiger partial charge < -0.3 is 10.2 Å². The van der Waals surface area contributed by atoms with E-state index in [4.69, 9.17) is 4.84 Å². The molecule has 1 aromatic carbocycles. The van der Waals surface area contributed by atoms with Crippen molar-refractivity contribution >= 4 is 5.71 Å². The van der Waals surface area contributed by atoms with Crippen LogP contribution in [0.3, 0.4) is 0 Å². The van der Waals surface area contributed by atoms with Crippen molar-refractivity contribution in [1.82, 2.24) is 10.2 Å². The van der Waals surface area contributed by atoms with Gasteiger partial charge in [0.15, 0.2) is 0 Å². The van der Waals surface area contributed by atoms with Gasteiger partial charge in [0.1, 0.15) is 11.3 Å². The summed E-state index contributed by atoms with van der Waals surface area (Å²) in [6.07, 6.45) is 4.06. The largest absolute Gasteiger partial charge is 0.446 e. The monoisotopic (exact) mass is 437 g/mol. The molecule has 1 aromatic rings. The van der Waals surface area contributed by atoms with Gasteiger partial charge in [0.2, 0.25) is 0 Å². The summed E-state index contributed by atoms with van der Waals surface area (Å²) in [7, 11) is 0. The predicted molar refractivity (Wildman–Crippen MR) is 116 cm³/mol. The Labute approximate surface area is 184 Å². The Kier molecular flexibility index (Phi) is 5.44. The van der Waals surface area contributed by atoms with Crippen molar-refractivity contribution in [3.8, 4) is 11.8 Å². The van der Waals surface area contributed by atoms with Gasteiger partial charge in [0, 0.05) is 49.7 Å². The van der Waals surface area contributed by atoms with E-state index in [1.54, 1.807) is 6.92 Å². The van der Waals surface area contributed by atoms with E-state index in [0.29, 0.717) is 30.7 Å². The molecule has 0 amide bonds. The van der Waals surface area contributed by atoms with Gasteiger partial charge >= 0.3 is 11.5 Å². The molecule has 166 valence electrons. The van der Waals surface area contributed by atoms with Crippen molar-refractivity contribution in [3.63, 3.8) is 0 Å². The van der Waals surface area contributed by atoms with Crippen LogP contribution in [0.4, 0.5) is 0 Å². The molecule has 1 spiro atoms. The third kappa shape index (κ3) is 3.83. The number of rotatable bonds is 3. The summed E-state index contributed by atoms with van der Waals surface area (Å²) in [5.41, 5.74) is 2.03. The first-order valence-electron chi connectivity index (χ1n) is 10.3. The SMILES string of the molecule is CC1=CC=C([N+](=O)[O-])C(N2CCC3(CC2)CC(C#Cc2cccc(C)c2)=NO3)([N+](=O)[O-])N1. The highest BCUT2D eigenvalue weighted by molar-refractivity contribution is 6.01. The number of aryl methyl sites for hydroxylation is 1. The van der Waals surface area contributed by atoms with Gasteiger partial charge in [0.05, 0.1) is 9.85 Å². The molecule has 0 bridgehead atoms. The molecular weight excluding hydrogens is 414 g/mol. The van der Waals surface area contributed by atoms with Crippen LogP contribution in [-0.2, 0) is 4.84 Å². The molecule has 0 aromatic heterocycles. The van der Waals surface area contributed by atoms with Crippen molar-refractivity contribution in [1.29, 1.82) is 0 Å². The van der Waals surface area contributed by atoms with Crippen LogP contribution in [0.1, 0.15) is 37.3 Å². The zero-order chi connectivity index (χ0) is 22.9. The fraction of sp³-hybridized carbons (Fsp3) is 0.409. The lowest BCUT2D eigenvalue weighted by Gasteiger charge is -2.42. The van der Waals surface area contributed by atoms with Crippen molar-refractivity contribution in [3.05, 3.63) is 79.2 Å². The fourth-order valence-corrected chi connectivity index (χ4v) is 4.35. The third-order valence-corrected chi connectivity index (χ3v) is 6.02. The maximum atomic E-state index is 12.1. The molecule has 10 heteroatoms. The van der Waals surface area contributed by atoms with Gasteiger partial charge in [0.25, 0.3) is 0 Å². The molecule has 0 radical (unpaired) electrons. The lowest BCUT2D eigenvalue weighted by molar-refractivity contribution is -0.632. The minimum Gasteiger partial charge on any atom is -0.388 e. The average Bonchev–Trinajstić information content (AvgIpc) is 3.14. The summed E-state index contributed by atoms with van der Waals surface area (Å²) >= 11 is 0. The summed E-state index contributed by atoms with van der Waals surface area (Å²) in [5.74, 6) is 4.04. The Morgan fingerprint density at radius 2 is 1.91 bits per heavy atom. The third-order valence-electron chi connectivity index (χ3n) is 6.02. The lowest BCUT2D eigenvalue weighted by atomic mass is 9.86. The molecular formula is C22H23N5O5. The van der Waals surface area contributed by atoms with E-state index < -0.39 is 26.9 Å². The van der Waals surface area contributed by atoms with Crippen LogP contribution in [0.25, 0.3) is 0 Å². The van der Waals surface area contributed by atoms with Crippen LogP contribution in [0.15, 0.2) is 53.0 Å². The quantitative estimate of drug-likeness (QED) is 0.438. The summed E-state index contributed by atoms with van der Waals surface area (Å²) in [6, 6.07) is 7.86. The van der Waals surface area contributed by atoms with Crippen LogP contribution >= 0.6 is 0 Å². The molecule has 3 aliphatic rings. The van der Waals surface area contributed by atoms with Gasteiger partial charge in [-0.3, -0.25) is 20.2 Å². The molecule has 1 unspecified atom stereocenters. The van der Waals surface area contributed by atoms with E-state index in [2.05, 4.69) is 22.3 Å². The van der Waals surface area contributed by atoms with E-state index in [1.165, 1.54) is 17.1 Å². The molecule has 0 saturated carbocycles. The van der Waals surface area contributed by atoms with Gasteiger partial charge in [-0.05, 0) is 43.5 Å². The number of nitrogens with one attached hydrogen (secondary N) is 1. The second kappa shape index (κ2) is 8.09. The Balaban J connectivity index is 1.47. The minimum absolute atomic E-state index is 0.237. The number of piperidine rings is 1. The minimum atomic E-state index is -2.11.